The Morgan fingerprint density at radius 1 is 1.17 bits per heavy atom. The first-order chi connectivity index (χ1) is 8.75. The highest BCUT2D eigenvalue weighted by atomic mass is 35.5. The van der Waals surface area contributed by atoms with E-state index in [2.05, 4.69) is 10.4 Å². The van der Waals surface area contributed by atoms with Crippen LogP contribution in [0.15, 0.2) is 41.1 Å². The molecule has 2 heterocycles. The van der Waals surface area contributed by atoms with Crippen molar-refractivity contribution < 1.29 is 0 Å². The summed E-state index contributed by atoms with van der Waals surface area (Å²) in [5.41, 5.74) is 8.82. The van der Waals surface area contributed by atoms with Gasteiger partial charge in [0.05, 0.1) is 10.6 Å². The summed E-state index contributed by atoms with van der Waals surface area (Å²) in [5, 5.41) is 5.37. The number of aromatic nitrogens is 1. The third kappa shape index (κ3) is 2.03. The van der Waals surface area contributed by atoms with Crippen LogP contribution in [0.4, 0.5) is 5.13 Å². The lowest BCUT2D eigenvalue weighted by Crippen LogP contribution is -1.82. The van der Waals surface area contributed by atoms with Gasteiger partial charge in [-0.15, -0.1) is 0 Å². The zero-order valence-corrected chi connectivity index (χ0v) is 11.6. The van der Waals surface area contributed by atoms with Crippen molar-refractivity contribution in [3.63, 3.8) is 0 Å². The van der Waals surface area contributed by atoms with Crippen LogP contribution < -0.4 is 5.73 Å². The van der Waals surface area contributed by atoms with Gasteiger partial charge in [0, 0.05) is 21.5 Å². The molecule has 18 heavy (non-hydrogen) atoms. The molecular formula is C13H9ClN2S2. The second-order valence-electron chi connectivity index (χ2n) is 3.72. The smallest absolute Gasteiger partial charge is 0.181 e. The first kappa shape index (κ1) is 11.7. The lowest BCUT2D eigenvalue weighted by atomic mass is 10.1. The number of nitrogens with two attached hydrogens (primary N) is 1. The number of nitrogen functional groups attached to an aromatic ring is 1. The van der Waals surface area contributed by atoms with Crippen molar-refractivity contribution in [3.8, 4) is 21.7 Å². The lowest BCUT2D eigenvalue weighted by molar-refractivity contribution is 1.42. The van der Waals surface area contributed by atoms with E-state index >= 15 is 0 Å². The molecule has 1 aromatic carbocycles. The first-order valence-electron chi connectivity index (χ1n) is 5.29. The van der Waals surface area contributed by atoms with E-state index in [-0.39, 0.29) is 0 Å². The quantitative estimate of drug-likeness (QED) is 0.738. The van der Waals surface area contributed by atoms with E-state index < -0.39 is 0 Å². The zero-order chi connectivity index (χ0) is 12.5. The van der Waals surface area contributed by atoms with E-state index in [9.17, 15) is 0 Å². The molecule has 0 aliphatic rings. The van der Waals surface area contributed by atoms with Crippen LogP contribution in [0.25, 0.3) is 21.7 Å². The second kappa shape index (κ2) is 4.72. The minimum absolute atomic E-state index is 0.561. The van der Waals surface area contributed by atoms with Gasteiger partial charge in [0.15, 0.2) is 5.13 Å². The van der Waals surface area contributed by atoms with Gasteiger partial charge in [-0.1, -0.05) is 41.1 Å². The van der Waals surface area contributed by atoms with Gasteiger partial charge in [0.2, 0.25) is 0 Å². The largest absolute Gasteiger partial charge is 0.375 e. The number of benzene rings is 1. The molecule has 5 heteroatoms. The fourth-order valence-electron chi connectivity index (χ4n) is 1.76. The Kier molecular flexibility index (Phi) is 3.07. The maximum absolute atomic E-state index is 6.24. The number of thiazole rings is 1. The van der Waals surface area contributed by atoms with Crippen LogP contribution >= 0.6 is 34.3 Å². The molecule has 0 radical (unpaired) electrons. The molecule has 3 aromatic rings. The Hall–Kier alpha value is -1.36. The predicted molar refractivity (Wildman–Crippen MR) is 80.3 cm³/mol. The van der Waals surface area contributed by atoms with Gasteiger partial charge < -0.3 is 5.73 Å². The van der Waals surface area contributed by atoms with Crippen molar-refractivity contribution >= 4 is 39.4 Å². The molecule has 2 N–H and O–H groups in total. The average molecular weight is 293 g/mol. The second-order valence-corrected chi connectivity index (χ2v) is 5.94. The highest BCUT2D eigenvalue weighted by Crippen LogP contribution is 2.41. The summed E-state index contributed by atoms with van der Waals surface area (Å²) in [5.74, 6) is 0. The van der Waals surface area contributed by atoms with Crippen LogP contribution in [-0.2, 0) is 0 Å². The normalized spacial score (nSPS) is 10.7. The molecule has 0 aliphatic heterocycles. The number of hydrogen-bond donors (Lipinski definition) is 1. The maximum atomic E-state index is 6.24. The van der Waals surface area contributed by atoms with E-state index in [4.69, 9.17) is 17.3 Å². The molecule has 90 valence electrons. The van der Waals surface area contributed by atoms with Gasteiger partial charge in [-0.05, 0) is 17.5 Å². The van der Waals surface area contributed by atoms with Crippen molar-refractivity contribution in [2.75, 3.05) is 5.73 Å². The molecular weight excluding hydrogens is 284 g/mol. The Morgan fingerprint density at radius 2 is 2.00 bits per heavy atom. The SMILES string of the molecule is Nc1nc(-c2ccsc2)c(-c2ccccc2Cl)s1. The van der Waals surface area contributed by atoms with E-state index in [0.717, 1.165) is 26.7 Å². The third-order valence-corrected chi connectivity index (χ3v) is 4.49. The van der Waals surface area contributed by atoms with Gasteiger partial charge in [-0.2, -0.15) is 11.3 Å². The topological polar surface area (TPSA) is 38.9 Å². The molecule has 0 unspecified atom stereocenters. The highest BCUT2D eigenvalue weighted by Gasteiger charge is 2.15. The minimum atomic E-state index is 0.561. The third-order valence-electron chi connectivity index (χ3n) is 2.56. The number of anilines is 1. The molecule has 0 fully saturated rings. The Bertz CT molecular complexity index is 674. The Morgan fingerprint density at radius 3 is 2.72 bits per heavy atom. The standard InChI is InChI=1S/C13H9ClN2S2/c14-10-4-2-1-3-9(10)12-11(16-13(15)18-12)8-5-6-17-7-8/h1-7H,(H2,15,16). The van der Waals surface area contributed by atoms with Crippen molar-refractivity contribution in [2.24, 2.45) is 0 Å². The van der Waals surface area contributed by atoms with Crippen LogP contribution in [0.5, 0.6) is 0 Å². The summed E-state index contributed by atoms with van der Waals surface area (Å²) in [6, 6.07) is 9.80. The summed E-state index contributed by atoms with van der Waals surface area (Å²) < 4.78 is 0. The van der Waals surface area contributed by atoms with Gasteiger partial charge in [-0.25, -0.2) is 4.98 Å². The molecule has 0 aliphatic carbocycles. The van der Waals surface area contributed by atoms with Gasteiger partial charge in [0.25, 0.3) is 0 Å². The molecule has 2 nitrogen and oxygen atoms in total. The van der Waals surface area contributed by atoms with Gasteiger partial charge >= 0.3 is 0 Å². The summed E-state index contributed by atoms with van der Waals surface area (Å²) in [6.07, 6.45) is 0. The molecule has 0 atom stereocenters. The van der Waals surface area contributed by atoms with E-state index in [1.165, 1.54) is 11.3 Å². The Balaban J connectivity index is 2.22. The molecule has 2 aromatic heterocycles. The predicted octanol–water partition coefficient (Wildman–Crippen LogP) is 4.77. The summed E-state index contributed by atoms with van der Waals surface area (Å²) in [4.78, 5) is 5.44. The zero-order valence-electron chi connectivity index (χ0n) is 9.26. The summed E-state index contributed by atoms with van der Waals surface area (Å²) >= 11 is 9.35. The Labute approximate surface area is 118 Å². The van der Waals surface area contributed by atoms with Crippen molar-refractivity contribution in [1.29, 1.82) is 0 Å². The van der Waals surface area contributed by atoms with Crippen LogP contribution in [0, 0.1) is 0 Å². The van der Waals surface area contributed by atoms with Crippen LogP contribution in [0.2, 0.25) is 5.02 Å². The first-order valence-corrected chi connectivity index (χ1v) is 7.43. The van der Waals surface area contributed by atoms with Crippen LogP contribution in [0.1, 0.15) is 0 Å². The van der Waals surface area contributed by atoms with Gasteiger partial charge in [-0.3, -0.25) is 0 Å². The van der Waals surface area contributed by atoms with Crippen molar-refractivity contribution in [3.05, 3.63) is 46.1 Å². The lowest BCUT2D eigenvalue weighted by Gasteiger charge is -2.02. The fourth-order valence-corrected chi connectivity index (χ4v) is 3.58. The average Bonchev–Trinajstić information content (AvgIpc) is 2.98. The fraction of sp³-hybridized carbons (Fsp3) is 0. The number of hydrogen-bond acceptors (Lipinski definition) is 4. The monoisotopic (exact) mass is 292 g/mol. The maximum Gasteiger partial charge on any atom is 0.181 e. The number of thiophene rings is 1. The summed E-state index contributed by atoms with van der Waals surface area (Å²) in [7, 11) is 0. The number of nitrogens with zero attached hydrogens (tertiary/aromatic N) is 1. The number of rotatable bonds is 2. The van der Waals surface area contributed by atoms with Crippen molar-refractivity contribution in [2.45, 2.75) is 0 Å². The molecule has 3 rings (SSSR count). The summed E-state index contributed by atoms with van der Waals surface area (Å²) in [6.45, 7) is 0. The van der Waals surface area contributed by atoms with Gasteiger partial charge in [0.1, 0.15) is 0 Å². The molecule has 0 bridgehead atoms. The molecule has 0 spiro atoms. The highest BCUT2D eigenvalue weighted by molar-refractivity contribution is 7.19. The molecule has 0 saturated heterocycles. The van der Waals surface area contributed by atoms with E-state index in [0.29, 0.717) is 5.13 Å². The minimum Gasteiger partial charge on any atom is -0.375 e. The van der Waals surface area contributed by atoms with Crippen LogP contribution in [-0.4, -0.2) is 4.98 Å². The number of halogens is 1. The molecule has 0 amide bonds. The van der Waals surface area contributed by atoms with E-state index in [1.54, 1.807) is 11.3 Å². The van der Waals surface area contributed by atoms with Crippen LogP contribution in [0.3, 0.4) is 0 Å². The van der Waals surface area contributed by atoms with E-state index in [1.807, 2.05) is 35.7 Å². The molecule has 0 saturated carbocycles. The van der Waals surface area contributed by atoms with Crippen molar-refractivity contribution in [1.82, 2.24) is 4.98 Å².